The molecule has 0 fully saturated rings. The standard InChI is InChI=1S/C16H18N4O5S/c1-4-25-14-11(23-2)5-9(6-12(14)24-3)15-17-18-16-20(15)19-10(8-26-16)7-13(21)22/h5-6H,4,7-8H2,1-3H3,(H,21,22). The number of carbonyl (C=O) groups is 1. The molecule has 10 heteroatoms. The first kappa shape index (κ1) is 18.1. The molecule has 1 N–H and O–H groups in total. The smallest absolute Gasteiger partial charge is 0.309 e. The van der Waals surface area contributed by atoms with E-state index in [0.717, 1.165) is 0 Å². The average Bonchev–Trinajstić information content (AvgIpc) is 3.04. The molecule has 0 amide bonds. The molecule has 0 bridgehead atoms. The Bertz CT molecular complexity index is 839. The second-order valence-corrected chi connectivity index (χ2v) is 6.23. The van der Waals surface area contributed by atoms with Crippen molar-refractivity contribution in [3.05, 3.63) is 12.1 Å². The van der Waals surface area contributed by atoms with Crippen molar-refractivity contribution in [3.8, 4) is 28.6 Å². The van der Waals surface area contributed by atoms with Gasteiger partial charge in [0.25, 0.3) is 0 Å². The van der Waals surface area contributed by atoms with Crippen molar-refractivity contribution in [3.63, 3.8) is 0 Å². The number of methoxy groups -OCH3 is 2. The summed E-state index contributed by atoms with van der Waals surface area (Å²) in [6.07, 6.45) is -0.125. The number of carboxylic acid groups (broad SMARTS) is 1. The number of thioether (sulfide) groups is 1. The lowest BCUT2D eigenvalue weighted by molar-refractivity contribution is -0.135. The Morgan fingerprint density at radius 1 is 1.27 bits per heavy atom. The molecule has 0 radical (unpaired) electrons. The highest BCUT2D eigenvalue weighted by Crippen LogP contribution is 2.41. The van der Waals surface area contributed by atoms with Crippen LogP contribution in [0.1, 0.15) is 13.3 Å². The van der Waals surface area contributed by atoms with E-state index in [-0.39, 0.29) is 6.42 Å². The van der Waals surface area contributed by atoms with Crippen molar-refractivity contribution >= 4 is 23.4 Å². The van der Waals surface area contributed by atoms with Crippen molar-refractivity contribution in [2.45, 2.75) is 18.5 Å². The summed E-state index contributed by atoms with van der Waals surface area (Å²) in [6, 6.07) is 3.52. The summed E-state index contributed by atoms with van der Waals surface area (Å²) in [6.45, 7) is 2.34. The van der Waals surface area contributed by atoms with Crippen LogP contribution in [-0.2, 0) is 4.79 Å². The lowest BCUT2D eigenvalue weighted by Crippen LogP contribution is -2.16. The Morgan fingerprint density at radius 2 is 1.96 bits per heavy atom. The third-order valence-corrected chi connectivity index (χ3v) is 4.57. The van der Waals surface area contributed by atoms with Gasteiger partial charge in [0.1, 0.15) is 0 Å². The van der Waals surface area contributed by atoms with Gasteiger partial charge >= 0.3 is 5.97 Å². The molecule has 138 valence electrons. The van der Waals surface area contributed by atoms with Crippen LogP contribution in [0.15, 0.2) is 22.4 Å². The van der Waals surface area contributed by atoms with E-state index in [4.69, 9.17) is 19.3 Å². The third kappa shape index (κ3) is 3.45. The van der Waals surface area contributed by atoms with E-state index < -0.39 is 5.97 Å². The molecule has 2 aromatic rings. The van der Waals surface area contributed by atoms with Gasteiger partial charge in [0, 0.05) is 11.3 Å². The number of hydrogen-bond acceptors (Lipinski definition) is 8. The van der Waals surface area contributed by atoms with Gasteiger partial charge in [-0.2, -0.15) is 9.78 Å². The van der Waals surface area contributed by atoms with E-state index in [1.165, 1.54) is 11.8 Å². The molecule has 0 saturated heterocycles. The summed E-state index contributed by atoms with van der Waals surface area (Å²) in [7, 11) is 3.08. The molecule has 1 aromatic carbocycles. The fourth-order valence-corrected chi connectivity index (χ4v) is 3.30. The Labute approximate surface area is 154 Å². The summed E-state index contributed by atoms with van der Waals surface area (Å²) in [5.41, 5.74) is 1.21. The summed E-state index contributed by atoms with van der Waals surface area (Å²) >= 11 is 1.39. The predicted molar refractivity (Wildman–Crippen MR) is 95.5 cm³/mol. The lowest BCUT2D eigenvalue weighted by atomic mass is 10.1. The molecule has 0 unspecified atom stereocenters. The van der Waals surface area contributed by atoms with Crippen molar-refractivity contribution in [1.82, 2.24) is 14.9 Å². The summed E-state index contributed by atoms with van der Waals surface area (Å²) in [5.74, 6) is 1.51. The number of benzene rings is 1. The van der Waals surface area contributed by atoms with Gasteiger partial charge in [-0.05, 0) is 19.1 Å². The fraction of sp³-hybridized carbons (Fsp3) is 0.375. The monoisotopic (exact) mass is 378 g/mol. The molecular weight excluding hydrogens is 360 g/mol. The number of fused-ring (bicyclic) bond motifs is 1. The first-order chi connectivity index (χ1) is 12.6. The molecule has 0 saturated carbocycles. The van der Waals surface area contributed by atoms with Crippen LogP contribution in [0.2, 0.25) is 0 Å². The Balaban J connectivity index is 2.08. The van der Waals surface area contributed by atoms with Crippen LogP contribution in [0.5, 0.6) is 17.2 Å². The van der Waals surface area contributed by atoms with Crippen molar-refractivity contribution < 1.29 is 24.1 Å². The molecule has 3 rings (SSSR count). The lowest BCUT2D eigenvalue weighted by Gasteiger charge is -2.16. The number of aromatic nitrogens is 3. The molecule has 1 aliphatic rings. The molecule has 1 aliphatic heterocycles. The Hall–Kier alpha value is -2.75. The third-order valence-electron chi connectivity index (χ3n) is 3.58. The van der Waals surface area contributed by atoms with Gasteiger partial charge in [0.05, 0.1) is 33.0 Å². The SMILES string of the molecule is CCOc1c(OC)cc(-c2nnc3n2N=C(CC(=O)O)CS3)cc1OC. The highest BCUT2D eigenvalue weighted by Gasteiger charge is 2.23. The number of carboxylic acids is 1. The van der Waals surface area contributed by atoms with Crippen molar-refractivity contribution in [2.75, 3.05) is 26.6 Å². The number of nitrogens with zero attached hydrogens (tertiary/aromatic N) is 4. The molecule has 0 spiro atoms. The maximum atomic E-state index is 11.0. The number of hydrogen-bond donors (Lipinski definition) is 1. The number of aliphatic carboxylic acids is 1. The van der Waals surface area contributed by atoms with Gasteiger partial charge in [-0.1, -0.05) is 11.8 Å². The molecule has 0 atom stereocenters. The van der Waals surface area contributed by atoms with Crippen LogP contribution in [0.25, 0.3) is 11.4 Å². The van der Waals surface area contributed by atoms with Crippen LogP contribution < -0.4 is 14.2 Å². The van der Waals surface area contributed by atoms with E-state index in [1.807, 2.05) is 6.92 Å². The van der Waals surface area contributed by atoms with Crippen LogP contribution in [0.3, 0.4) is 0 Å². The molecule has 9 nitrogen and oxygen atoms in total. The second-order valence-electron chi connectivity index (χ2n) is 5.29. The zero-order valence-electron chi connectivity index (χ0n) is 14.6. The van der Waals surface area contributed by atoms with Gasteiger partial charge in [-0.15, -0.1) is 10.2 Å². The Morgan fingerprint density at radius 3 is 2.54 bits per heavy atom. The largest absolute Gasteiger partial charge is 0.493 e. The molecule has 26 heavy (non-hydrogen) atoms. The van der Waals surface area contributed by atoms with E-state index in [1.54, 1.807) is 31.0 Å². The normalized spacial score (nSPS) is 13.0. The minimum Gasteiger partial charge on any atom is -0.493 e. The van der Waals surface area contributed by atoms with Crippen LogP contribution in [-0.4, -0.2) is 58.2 Å². The zero-order valence-corrected chi connectivity index (χ0v) is 15.4. The molecule has 1 aromatic heterocycles. The van der Waals surface area contributed by atoms with Gasteiger partial charge < -0.3 is 19.3 Å². The average molecular weight is 378 g/mol. The van der Waals surface area contributed by atoms with Crippen LogP contribution in [0, 0.1) is 0 Å². The predicted octanol–water partition coefficient (Wildman–Crippen LogP) is 2.15. The maximum Gasteiger partial charge on any atom is 0.309 e. The van der Waals surface area contributed by atoms with Gasteiger partial charge in [0.15, 0.2) is 17.3 Å². The topological polar surface area (TPSA) is 108 Å². The van der Waals surface area contributed by atoms with Crippen LogP contribution >= 0.6 is 11.8 Å². The number of ether oxygens (including phenoxy) is 3. The van der Waals surface area contributed by atoms with Gasteiger partial charge in [0.2, 0.25) is 10.9 Å². The van der Waals surface area contributed by atoms with Crippen LogP contribution in [0.4, 0.5) is 0 Å². The van der Waals surface area contributed by atoms with E-state index in [9.17, 15) is 4.79 Å². The highest BCUT2D eigenvalue weighted by molar-refractivity contribution is 7.99. The van der Waals surface area contributed by atoms with Gasteiger partial charge in [-0.3, -0.25) is 4.79 Å². The first-order valence-corrected chi connectivity index (χ1v) is 8.81. The summed E-state index contributed by atoms with van der Waals surface area (Å²) in [5, 5.41) is 22.3. The fourth-order valence-electron chi connectivity index (χ4n) is 2.50. The highest BCUT2D eigenvalue weighted by atomic mass is 32.2. The minimum absolute atomic E-state index is 0.125. The van der Waals surface area contributed by atoms with Crippen molar-refractivity contribution in [2.24, 2.45) is 5.10 Å². The van der Waals surface area contributed by atoms with Crippen molar-refractivity contribution in [1.29, 1.82) is 0 Å². The molecule has 0 aliphatic carbocycles. The quantitative estimate of drug-likeness (QED) is 0.781. The van der Waals surface area contributed by atoms with E-state index >= 15 is 0 Å². The molecule has 2 heterocycles. The summed E-state index contributed by atoms with van der Waals surface area (Å²) in [4.78, 5) is 11.0. The Kier molecular flexibility index (Phi) is 5.31. The maximum absolute atomic E-state index is 11.0. The summed E-state index contributed by atoms with van der Waals surface area (Å²) < 4.78 is 18.0. The molecular formula is C16H18N4O5S. The zero-order chi connectivity index (χ0) is 18.7. The first-order valence-electron chi connectivity index (χ1n) is 7.83. The second kappa shape index (κ2) is 7.65. The van der Waals surface area contributed by atoms with Gasteiger partial charge in [-0.25, -0.2) is 0 Å². The minimum atomic E-state index is -0.924. The van der Waals surface area contributed by atoms with E-state index in [2.05, 4.69) is 15.3 Å². The van der Waals surface area contributed by atoms with E-state index in [0.29, 0.717) is 51.9 Å². The number of rotatable bonds is 7.